The van der Waals surface area contributed by atoms with E-state index in [2.05, 4.69) is 28.1 Å². The molecule has 3 N–H and O–H groups in total. The van der Waals surface area contributed by atoms with Crippen molar-refractivity contribution in [2.45, 2.75) is 26.7 Å². The van der Waals surface area contributed by atoms with Crippen LogP contribution in [0.3, 0.4) is 0 Å². The molecule has 0 atom stereocenters. The van der Waals surface area contributed by atoms with E-state index in [1.807, 2.05) is 87.6 Å². The van der Waals surface area contributed by atoms with Crippen LogP contribution in [0.2, 0.25) is 0 Å². The predicted molar refractivity (Wildman–Crippen MR) is 148 cm³/mol. The summed E-state index contributed by atoms with van der Waals surface area (Å²) in [7, 11) is 1.91. The lowest BCUT2D eigenvalue weighted by atomic mass is 10.0. The molecule has 0 unspecified atom stereocenters. The minimum atomic E-state index is -0.0584. The van der Waals surface area contributed by atoms with Crippen molar-refractivity contribution < 1.29 is 4.79 Å². The minimum Gasteiger partial charge on any atom is -0.388 e. The summed E-state index contributed by atoms with van der Waals surface area (Å²) in [6, 6.07) is 22.3. The van der Waals surface area contributed by atoms with Crippen LogP contribution in [-0.2, 0) is 4.79 Å². The highest BCUT2D eigenvalue weighted by Crippen LogP contribution is 2.29. The van der Waals surface area contributed by atoms with Gasteiger partial charge in [0.25, 0.3) is 5.91 Å². The fourth-order valence-electron chi connectivity index (χ4n) is 4.43. The van der Waals surface area contributed by atoms with E-state index in [4.69, 9.17) is 9.97 Å². The number of nitrogens with one attached hydrogen (secondary N) is 3. The van der Waals surface area contributed by atoms with Crippen LogP contribution in [-0.4, -0.2) is 22.9 Å². The average molecular weight is 476 g/mol. The second kappa shape index (κ2) is 10.0. The van der Waals surface area contributed by atoms with Crippen molar-refractivity contribution in [2.24, 2.45) is 0 Å². The van der Waals surface area contributed by atoms with Crippen molar-refractivity contribution in [2.75, 3.05) is 23.0 Å². The van der Waals surface area contributed by atoms with Gasteiger partial charge in [-0.05, 0) is 62.1 Å². The summed E-state index contributed by atoms with van der Waals surface area (Å²) >= 11 is 0. The monoisotopic (exact) mass is 475 g/mol. The van der Waals surface area contributed by atoms with Crippen LogP contribution < -0.4 is 16.0 Å². The number of anilines is 3. The molecule has 0 aliphatic heterocycles. The third-order valence-electron chi connectivity index (χ3n) is 6.48. The zero-order valence-corrected chi connectivity index (χ0v) is 20.7. The van der Waals surface area contributed by atoms with Crippen molar-refractivity contribution in [1.82, 2.24) is 9.97 Å². The lowest BCUT2D eigenvalue weighted by Crippen LogP contribution is -2.18. The molecule has 180 valence electrons. The molecule has 4 aromatic rings. The number of hydrogen-bond donors (Lipinski definition) is 3. The second-order valence-electron chi connectivity index (χ2n) is 8.97. The Hall–Kier alpha value is -4.45. The topological polar surface area (TPSA) is 78.9 Å². The molecule has 1 amide bonds. The Morgan fingerprint density at radius 3 is 2.28 bits per heavy atom. The zero-order chi connectivity index (χ0) is 25.1. The van der Waals surface area contributed by atoms with Gasteiger partial charge >= 0.3 is 0 Å². The number of para-hydroxylation sites is 2. The number of nitrogens with zero attached hydrogens (tertiary/aromatic N) is 2. The normalized spacial score (nSPS) is 13.1. The largest absolute Gasteiger partial charge is 0.388 e. The van der Waals surface area contributed by atoms with Crippen LogP contribution in [0.25, 0.3) is 22.2 Å². The summed E-state index contributed by atoms with van der Waals surface area (Å²) in [5.41, 5.74) is 8.57. The number of fused-ring (bicyclic) bond motifs is 1. The maximum Gasteiger partial charge on any atom is 0.251 e. The van der Waals surface area contributed by atoms with E-state index >= 15 is 0 Å². The molecular formula is C30H29N5O. The molecule has 0 spiro atoms. The molecule has 0 saturated heterocycles. The van der Waals surface area contributed by atoms with E-state index in [1.54, 1.807) is 0 Å². The summed E-state index contributed by atoms with van der Waals surface area (Å²) < 4.78 is 0. The number of benzene rings is 3. The Morgan fingerprint density at radius 1 is 0.833 bits per heavy atom. The number of aromatic nitrogens is 2. The summed E-state index contributed by atoms with van der Waals surface area (Å²) in [4.78, 5) is 22.5. The molecule has 0 fully saturated rings. The van der Waals surface area contributed by atoms with E-state index in [1.165, 1.54) is 0 Å². The first kappa shape index (κ1) is 23.3. The molecule has 36 heavy (non-hydrogen) atoms. The van der Waals surface area contributed by atoms with Gasteiger partial charge in [0.1, 0.15) is 0 Å². The SMILES string of the molecule is CNc1ccc(-c2nc(NC3=CC=C(C(=O)Nc4c(C)cccc4C)CC3)nc3ccccc23)cc1. The van der Waals surface area contributed by atoms with Gasteiger partial charge in [0.2, 0.25) is 5.95 Å². The van der Waals surface area contributed by atoms with Crippen LogP contribution in [0.15, 0.2) is 90.2 Å². The number of aryl methyl sites for hydroxylation is 2. The van der Waals surface area contributed by atoms with Crippen molar-refractivity contribution >= 4 is 34.1 Å². The average Bonchev–Trinajstić information content (AvgIpc) is 2.91. The van der Waals surface area contributed by atoms with Crippen LogP contribution >= 0.6 is 0 Å². The molecule has 0 bridgehead atoms. The quantitative estimate of drug-likeness (QED) is 0.292. The van der Waals surface area contributed by atoms with E-state index in [9.17, 15) is 4.79 Å². The Labute approximate surface area is 211 Å². The molecule has 0 saturated carbocycles. The van der Waals surface area contributed by atoms with Gasteiger partial charge in [-0.3, -0.25) is 4.79 Å². The molecule has 6 nitrogen and oxygen atoms in total. The molecular weight excluding hydrogens is 446 g/mol. The van der Waals surface area contributed by atoms with Gasteiger partial charge in [0, 0.05) is 40.6 Å². The summed E-state index contributed by atoms with van der Waals surface area (Å²) in [6.07, 6.45) is 5.17. The highest BCUT2D eigenvalue weighted by Gasteiger charge is 2.17. The number of hydrogen-bond acceptors (Lipinski definition) is 5. The van der Waals surface area contributed by atoms with Gasteiger partial charge in [-0.1, -0.05) is 54.6 Å². The standard InChI is InChI=1S/C30H29N5O/c1-19-7-6-8-20(2)27(19)34-29(36)22-13-17-24(18-14-22)32-30-33-26-10-5-4-9-25(26)28(35-30)21-11-15-23(31-3)16-12-21/h4-13,15-17,31H,14,18H2,1-3H3,(H,34,36)(H,32,33,35). The van der Waals surface area contributed by atoms with Crippen molar-refractivity contribution in [1.29, 1.82) is 0 Å². The molecule has 6 heteroatoms. The van der Waals surface area contributed by atoms with Crippen molar-refractivity contribution in [3.63, 3.8) is 0 Å². The van der Waals surface area contributed by atoms with Gasteiger partial charge in [-0.25, -0.2) is 9.97 Å². The number of allylic oxidation sites excluding steroid dienone is 3. The minimum absolute atomic E-state index is 0.0584. The molecule has 5 rings (SSSR count). The highest BCUT2D eigenvalue weighted by atomic mass is 16.1. The highest BCUT2D eigenvalue weighted by molar-refractivity contribution is 6.05. The smallest absolute Gasteiger partial charge is 0.251 e. The third-order valence-corrected chi connectivity index (χ3v) is 6.48. The number of amides is 1. The van der Waals surface area contributed by atoms with Gasteiger partial charge in [-0.15, -0.1) is 0 Å². The number of carbonyl (C=O) groups excluding carboxylic acids is 1. The lowest BCUT2D eigenvalue weighted by Gasteiger charge is -2.18. The van der Waals surface area contributed by atoms with Gasteiger partial charge < -0.3 is 16.0 Å². The van der Waals surface area contributed by atoms with E-state index < -0.39 is 0 Å². The van der Waals surface area contributed by atoms with Crippen LogP contribution in [0.1, 0.15) is 24.0 Å². The Bertz CT molecular complexity index is 1480. The fraction of sp³-hybridized carbons (Fsp3) is 0.167. The molecule has 1 heterocycles. The van der Waals surface area contributed by atoms with Crippen LogP contribution in [0, 0.1) is 13.8 Å². The van der Waals surface area contributed by atoms with Crippen molar-refractivity contribution in [3.8, 4) is 11.3 Å². The van der Waals surface area contributed by atoms with Crippen molar-refractivity contribution in [3.05, 3.63) is 101 Å². The number of carbonyl (C=O) groups is 1. The van der Waals surface area contributed by atoms with Gasteiger partial charge in [0.05, 0.1) is 11.2 Å². The Kier molecular flexibility index (Phi) is 6.50. The first-order chi connectivity index (χ1) is 17.5. The number of rotatable bonds is 6. The lowest BCUT2D eigenvalue weighted by molar-refractivity contribution is -0.113. The predicted octanol–water partition coefficient (Wildman–Crippen LogP) is 6.61. The molecule has 1 aliphatic carbocycles. The van der Waals surface area contributed by atoms with E-state index in [0.717, 1.165) is 55.9 Å². The summed E-state index contributed by atoms with van der Waals surface area (Å²) in [5, 5.41) is 10.6. The summed E-state index contributed by atoms with van der Waals surface area (Å²) in [6.45, 7) is 4.01. The fourth-order valence-corrected chi connectivity index (χ4v) is 4.43. The summed E-state index contributed by atoms with van der Waals surface area (Å²) in [5.74, 6) is 0.487. The Balaban J connectivity index is 1.39. The van der Waals surface area contributed by atoms with Crippen LogP contribution in [0.5, 0.6) is 0 Å². The Morgan fingerprint density at radius 2 is 1.58 bits per heavy atom. The van der Waals surface area contributed by atoms with E-state index in [-0.39, 0.29) is 5.91 Å². The maximum absolute atomic E-state index is 12.9. The van der Waals surface area contributed by atoms with Gasteiger partial charge in [0.15, 0.2) is 0 Å². The maximum atomic E-state index is 12.9. The molecule has 0 radical (unpaired) electrons. The van der Waals surface area contributed by atoms with Gasteiger partial charge in [-0.2, -0.15) is 0 Å². The molecule has 3 aromatic carbocycles. The van der Waals surface area contributed by atoms with E-state index in [0.29, 0.717) is 18.8 Å². The first-order valence-electron chi connectivity index (χ1n) is 12.1. The van der Waals surface area contributed by atoms with Crippen LogP contribution in [0.4, 0.5) is 17.3 Å². The third kappa shape index (κ3) is 4.84. The zero-order valence-electron chi connectivity index (χ0n) is 20.7. The first-order valence-corrected chi connectivity index (χ1v) is 12.1. The molecule has 1 aromatic heterocycles. The second-order valence-corrected chi connectivity index (χ2v) is 8.97. The molecule has 1 aliphatic rings.